The topological polar surface area (TPSA) is 137 Å². The molecule has 0 spiro atoms. The highest BCUT2D eigenvalue weighted by Gasteiger charge is 2.70. The predicted molar refractivity (Wildman–Crippen MR) is 154 cm³/mol. The van der Waals surface area contributed by atoms with Gasteiger partial charge in [0.15, 0.2) is 6.04 Å². The van der Waals surface area contributed by atoms with E-state index in [4.69, 9.17) is 4.74 Å². The Morgan fingerprint density at radius 3 is 2.52 bits per heavy atom. The molecule has 2 saturated carbocycles. The number of nitriles is 1. The van der Waals surface area contributed by atoms with Gasteiger partial charge in [0.2, 0.25) is 11.8 Å². The van der Waals surface area contributed by atoms with Crippen LogP contribution >= 0.6 is 11.3 Å². The Bertz CT molecular complexity index is 1600. The van der Waals surface area contributed by atoms with Crippen molar-refractivity contribution >= 4 is 39.1 Å². The zero-order chi connectivity index (χ0) is 32.2. The minimum atomic E-state index is -5.23. The predicted octanol–water partition coefficient (Wildman–Crippen LogP) is 3.62. The van der Waals surface area contributed by atoms with E-state index in [-0.39, 0.29) is 29.5 Å². The number of likely N-dealkylation sites (tertiary alicyclic amines) is 1. The van der Waals surface area contributed by atoms with Crippen LogP contribution in [0.2, 0.25) is 0 Å². The van der Waals surface area contributed by atoms with E-state index in [1.165, 1.54) is 29.4 Å². The fraction of sp³-hybridized carbons (Fsp3) is 0.600. The summed E-state index contributed by atoms with van der Waals surface area (Å²) in [5.74, 6) is 1.60. The maximum atomic E-state index is 14.0. The summed E-state index contributed by atoms with van der Waals surface area (Å²) in [4.78, 5) is 41.2. The number of amides is 3. The second-order valence-electron chi connectivity index (χ2n) is 12.5. The van der Waals surface area contributed by atoms with Crippen molar-refractivity contribution in [2.24, 2.45) is 17.3 Å². The third kappa shape index (κ3) is 5.61. The van der Waals surface area contributed by atoms with E-state index in [0.717, 1.165) is 11.1 Å². The van der Waals surface area contributed by atoms with Gasteiger partial charge in [-0.15, -0.1) is 17.3 Å². The number of hydrogen-bond donors (Lipinski definition) is 2. The number of aromatic nitrogens is 2. The number of halogens is 3. The van der Waals surface area contributed by atoms with E-state index in [1.807, 2.05) is 24.5 Å². The fourth-order valence-electron chi connectivity index (χ4n) is 6.65. The van der Waals surface area contributed by atoms with E-state index < -0.39 is 53.7 Å². The van der Waals surface area contributed by atoms with Gasteiger partial charge in [-0.3, -0.25) is 14.4 Å². The molecule has 1 saturated heterocycles. The van der Waals surface area contributed by atoms with Gasteiger partial charge in [-0.05, 0) is 57.3 Å². The van der Waals surface area contributed by atoms with Crippen LogP contribution in [-0.2, 0) is 19.1 Å². The van der Waals surface area contributed by atoms with Crippen molar-refractivity contribution in [2.45, 2.75) is 89.9 Å². The van der Waals surface area contributed by atoms with Gasteiger partial charge in [0.25, 0.3) is 0 Å². The summed E-state index contributed by atoms with van der Waals surface area (Å²) in [6.45, 7) is 8.92. The van der Waals surface area contributed by atoms with Crippen LogP contribution in [0.5, 0.6) is 0 Å². The highest BCUT2D eigenvalue weighted by molar-refractivity contribution is 7.17. The monoisotopic (exact) mass is 630 g/mol. The van der Waals surface area contributed by atoms with E-state index in [2.05, 4.69) is 33.4 Å². The molecule has 2 aromatic heterocycles. The summed E-state index contributed by atoms with van der Waals surface area (Å²) in [5, 5.41) is 25.2. The second kappa shape index (κ2) is 11.3. The number of carbonyl (C=O) groups is 3. The first-order valence-corrected chi connectivity index (χ1v) is 15.2. The SMILES string of the molecule is CC#Cc1csc2cnnc(C(C#N)NC(=O)[C@@H]3[C@@H]4[C@H](CN3C(=O)[C@@H](NC(=O)C(F)(F)F)[C@@H](C)OC3(C)CCC3)C4(C)C)c12. The first-order chi connectivity index (χ1) is 20.6. The molecule has 2 aliphatic carbocycles. The average molecular weight is 631 g/mol. The average Bonchev–Trinajstić information content (AvgIpc) is 3.30. The Morgan fingerprint density at radius 2 is 1.93 bits per heavy atom. The molecule has 3 amide bonds. The first kappa shape index (κ1) is 31.7. The fourth-order valence-corrected chi connectivity index (χ4v) is 7.51. The van der Waals surface area contributed by atoms with Crippen molar-refractivity contribution in [3.63, 3.8) is 0 Å². The Morgan fingerprint density at radius 1 is 1.23 bits per heavy atom. The van der Waals surface area contributed by atoms with Gasteiger partial charge in [0.05, 0.1) is 28.7 Å². The molecule has 3 aliphatic rings. The van der Waals surface area contributed by atoms with Gasteiger partial charge in [0.1, 0.15) is 17.8 Å². The van der Waals surface area contributed by atoms with Crippen molar-refractivity contribution in [2.75, 3.05) is 6.54 Å². The molecule has 234 valence electrons. The number of fused-ring (bicyclic) bond motifs is 2. The van der Waals surface area contributed by atoms with Gasteiger partial charge in [-0.25, -0.2) is 0 Å². The standard InChI is InChI=1S/C30H33F3N6O4S/c1-6-8-16-14-44-19-12-35-38-23(20(16)19)18(11-34)36-25(40)24-21-17(28(21,3)4)13-39(24)26(41)22(37-27(42)30(31,32)33)15(2)43-29(5)9-7-10-29/h12,14-15,17-18,21-22,24H,7,9-10,13H2,1-5H3,(H,36,40)(H,37,42)/t15-,17+,18?,21+,22+,24+/m1/s1. The summed E-state index contributed by atoms with van der Waals surface area (Å²) in [6, 6.07) is -1.98. The van der Waals surface area contributed by atoms with Gasteiger partial charge in [-0.2, -0.15) is 28.6 Å². The highest BCUT2D eigenvalue weighted by Crippen LogP contribution is 2.65. The van der Waals surface area contributed by atoms with Crippen molar-refractivity contribution in [1.29, 1.82) is 5.26 Å². The van der Waals surface area contributed by atoms with Crippen LogP contribution in [-0.4, -0.2) is 69.3 Å². The van der Waals surface area contributed by atoms with Gasteiger partial charge in [0, 0.05) is 22.9 Å². The summed E-state index contributed by atoms with van der Waals surface area (Å²) >= 11 is 1.37. The molecule has 5 rings (SSSR count). The number of thiophene rings is 1. The summed E-state index contributed by atoms with van der Waals surface area (Å²) in [5.41, 5.74) is -0.127. The minimum Gasteiger partial charge on any atom is -0.370 e. The molecule has 10 nitrogen and oxygen atoms in total. The van der Waals surface area contributed by atoms with E-state index >= 15 is 0 Å². The van der Waals surface area contributed by atoms with Crippen LogP contribution in [0.25, 0.3) is 10.1 Å². The third-order valence-electron chi connectivity index (χ3n) is 9.29. The molecule has 2 aromatic rings. The Labute approximate surface area is 256 Å². The molecule has 1 aliphatic heterocycles. The highest BCUT2D eigenvalue weighted by atomic mass is 32.1. The maximum absolute atomic E-state index is 14.0. The number of rotatable bonds is 8. The lowest BCUT2D eigenvalue weighted by Gasteiger charge is -2.43. The van der Waals surface area contributed by atoms with Gasteiger partial charge < -0.3 is 20.3 Å². The number of alkyl halides is 3. The maximum Gasteiger partial charge on any atom is 0.471 e. The van der Waals surface area contributed by atoms with Crippen molar-refractivity contribution in [3.05, 3.63) is 22.8 Å². The number of hydrogen-bond acceptors (Lipinski definition) is 8. The Kier molecular flexibility index (Phi) is 8.14. The molecule has 14 heteroatoms. The molecule has 3 fully saturated rings. The molecule has 0 aromatic carbocycles. The number of piperidine rings is 1. The van der Waals surface area contributed by atoms with Crippen LogP contribution in [0.3, 0.4) is 0 Å². The normalized spacial score (nSPS) is 24.9. The number of nitrogens with zero attached hydrogens (tertiary/aromatic N) is 4. The molecule has 6 atom stereocenters. The third-order valence-corrected chi connectivity index (χ3v) is 10.2. The van der Waals surface area contributed by atoms with E-state index in [9.17, 15) is 32.8 Å². The molecule has 0 radical (unpaired) electrons. The van der Waals surface area contributed by atoms with Gasteiger partial charge >= 0.3 is 12.1 Å². The molecular formula is C30H33F3N6O4S. The van der Waals surface area contributed by atoms with Crippen molar-refractivity contribution < 1.29 is 32.3 Å². The lowest BCUT2D eigenvalue weighted by molar-refractivity contribution is -0.180. The van der Waals surface area contributed by atoms with Crippen LogP contribution in [0, 0.1) is 40.4 Å². The molecule has 1 unspecified atom stereocenters. The zero-order valence-electron chi connectivity index (χ0n) is 24.9. The molecule has 44 heavy (non-hydrogen) atoms. The Hall–Kier alpha value is -3.75. The smallest absolute Gasteiger partial charge is 0.370 e. The Balaban J connectivity index is 1.44. The quantitative estimate of drug-likeness (QED) is 0.425. The van der Waals surface area contributed by atoms with Crippen molar-refractivity contribution in [1.82, 2.24) is 25.7 Å². The van der Waals surface area contributed by atoms with Crippen LogP contribution in [0.1, 0.15) is 71.2 Å². The molecular weight excluding hydrogens is 597 g/mol. The van der Waals surface area contributed by atoms with E-state index in [0.29, 0.717) is 23.8 Å². The number of carbonyl (C=O) groups excluding carboxylic acids is 3. The molecule has 0 bridgehead atoms. The van der Waals surface area contributed by atoms with Crippen LogP contribution in [0.15, 0.2) is 11.6 Å². The summed E-state index contributed by atoms with van der Waals surface area (Å²) < 4.78 is 46.7. The van der Waals surface area contributed by atoms with Crippen molar-refractivity contribution in [3.8, 4) is 17.9 Å². The number of nitrogens with one attached hydrogen (secondary N) is 2. The largest absolute Gasteiger partial charge is 0.471 e. The minimum absolute atomic E-state index is 0.102. The number of ether oxygens (including phenoxy) is 1. The molecule has 2 N–H and O–H groups in total. The lowest BCUT2D eigenvalue weighted by Crippen LogP contribution is -2.61. The summed E-state index contributed by atoms with van der Waals surface area (Å²) in [7, 11) is 0. The lowest BCUT2D eigenvalue weighted by atomic mass is 9.81. The molecule has 3 heterocycles. The van der Waals surface area contributed by atoms with Crippen LogP contribution < -0.4 is 10.6 Å². The van der Waals surface area contributed by atoms with Crippen LogP contribution in [0.4, 0.5) is 13.2 Å². The second-order valence-corrected chi connectivity index (χ2v) is 13.4. The summed E-state index contributed by atoms with van der Waals surface area (Å²) in [6.07, 6.45) is -2.59. The van der Waals surface area contributed by atoms with E-state index in [1.54, 1.807) is 13.8 Å². The first-order valence-electron chi connectivity index (χ1n) is 14.3. The van der Waals surface area contributed by atoms with Gasteiger partial charge in [-0.1, -0.05) is 19.8 Å². The zero-order valence-corrected chi connectivity index (χ0v) is 25.7.